The lowest BCUT2D eigenvalue weighted by atomic mass is 9.32. The molecular weight excluding hydrogens is 281 g/mol. The fraction of sp³-hybridized carbons (Fsp3) is 0.533. The third kappa shape index (κ3) is 1.85. The van der Waals surface area contributed by atoms with E-state index < -0.39 is 6.04 Å². The number of halogens is 2. The van der Waals surface area contributed by atoms with Crippen molar-refractivity contribution in [2.45, 2.75) is 31.7 Å². The molecule has 0 heterocycles. The molecule has 0 saturated heterocycles. The van der Waals surface area contributed by atoms with Gasteiger partial charge in [0.2, 0.25) is 0 Å². The van der Waals surface area contributed by atoms with Gasteiger partial charge in [-0.15, -0.1) is 0 Å². The molecule has 1 atom stereocenters. The van der Waals surface area contributed by atoms with Crippen molar-refractivity contribution < 1.29 is 13.9 Å². The first-order valence-electron chi connectivity index (χ1n) is 6.68. The van der Waals surface area contributed by atoms with Gasteiger partial charge in [-0.1, -0.05) is 17.7 Å². The Hall–Kier alpha value is -1.13. The van der Waals surface area contributed by atoms with Gasteiger partial charge in [0, 0.05) is 10.6 Å². The summed E-state index contributed by atoms with van der Waals surface area (Å²) in [6.07, 6.45) is 3.16. The summed E-state index contributed by atoms with van der Waals surface area (Å²) >= 11 is 6.07. The first kappa shape index (κ1) is 13.8. The Labute approximate surface area is 122 Å². The van der Waals surface area contributed by atoms with Crippen molar-refractivity contribution >= 4 is 17.6 Å². The van der Waals surface area contributed by atoms with E-state index in [1.165, 1.54) is 13.2 Å². The topological polar surface area (TPSA) is 52.3 Å². The quantitative estimate of drug-likeness (QED) is 0.869. The number of nitrogens with two attached hydrogens (primary N) is 1. The zero-order valence-corrected chi connectivity index (χ0v) is 12.0. The lowest BCUT2D eigenvalue weighted by molar-refractivity contribution is -0.220. The van der Waals surface area contributed by atoms with Crippen LogP contribution in [0.5, 0.6) is 0 Å². The number of hydrogen-bond donors (Lipinski definition) is 1. The van der Waals surface area contributed by atoms with Gasteiger partial charge in [0.25, 0.3) is 0 Å². The van der Waals surface area contributed by atoms with E-state index in [2.05, 4.69) is 0 Å². The van der Waals surface area contributed by atoms with Crippen LogP contribution in [0.2, 0.25) is 5.02 Å². The summed E-state index contributed by atoms with van der Waals surface area (Å²) in [6, 6.07) is 4.19. The van der Waals surface area contributed by atoms with Crippen molar-refractivity contribution in [3.8, 4) is 0 Å². The Morgan fingerprint density at radius 1 is 1.50 bits per heavy atom. The van der Waals surface area contributed by atoms with Gasteiger partial charge in [0.15, 0.2) is 0 Å². The minimum absolute atomic E-state index is 0.0669. The normalized spacial score (nSPS) is 32.0. The molecule has 1 unspecified atom stereocenters. The Bertz CT molecular complexity index is 535. The van der Waals surface area contributed by atoms with Crippen LogP contribution in [0, 0.1) is 16.6 Å². The van der Waals surface area contributed by atoms with E-state index in [1.807, 2.05) is 0 Å². The molecule has 3 saturated carbocycles. The molecular formula is C15H17ClFNO2. The summed E-state index contributed by atoms with van der Waals surface area (Å²) < 4.78 is 18.5. The molecule has 3 aliphatic rings. The molecule has 0 amide bonds. The number of benzene rings is 1. The smallest absolute Gasteiger partial charge is 0.323 e. The van der Waals surface area contributed by atoms with E-state index >= 15 is 0 Å². The zero-order chi connectivity index (χ0) is 14.5. The number of carbonyl (C=O) groups is 1. The van der Waals surface area contributed by atoms with Gasteiger partial charge in [-0.05, 0) is 48.6 Å². The molecule has 3 nitrogen and oxygen atoms in total. The number of ether oxygens (including phenoxy) is 1. The van der Waals surface area contributed by atoms with Crippen LogP contribution >= 0.6 is 11.6 Å². The van der Waals surface area contributed by atoms with Crippen molar-refractivity contribution in [3.05, 3.63) is 34.6 Å². The Morgan fingerprint density at radius 2 is 2.15 bits per heavy atom. The van der Waals surface area contributed by atoms with E-state index in [0.717, 1.165) is 19.3 Å². The highest BCUT2D eigenvalue weighted by Gasteiger charge is 2.70. The molecule has 20 heavy (non-hydrogen) atoms. The molecule has 3 fully saturated rings. The van der Waals surface area contributed by atoms with E-state index in [0.29, 0.717) is 17.0 Å². The number of esters is 1. The van der Waals surface area contributed by atoms with Crippen molar-refractivity contribution in [2.24, 2.45) is 16.6 Å². The van der Waals surface area contributed by atoms with Crippen LogP contribution in [-0.2, 0) is 16.0 Å². The van der Waals surface area contributed by atoms with Crippen LogP contribution in [0.25, 0.3) is 0 Å². The second-order valence-electron chi connectivity index (χ2n) is 6.27. The molecule has 0 spiro atoms. The first-order valence-corrected chi connectivity index (χ1v) is 7.06. The fourth-order valence-electron chi connectivity index (χ4n) is 4.06. The van der Waals surface area contributed by atoms with Crippen molar-refractivity contribution in [2.75, 3.05) is 7.11 Å². The highest BCUT2D eigenvalue weighted by atomic mass is 35.5. The average Bonchev–Trinajstić information content (AvgIpc) is 2.33. The van der Waals surface area contributed by atoms with Gasteiger partial charge in [-0.3, -0.25) is 4.79 Å². The van der Waals surface area contributed by atoms with Gasteiger partial charge in [0.1, 0.15) is 11.9 Å². The minimum Gasteiger partial charge on any atom is -0.468 e. The minimum atomic E-state index is -0.564. The van der Waals surface area contributed by atoms with Crippen LogP contribution in [0.4, 0.5) is 4.39 Å². The Morgan fingerprint density at radius 3 is 2.70 bits per heavy atom. The Kier molecular flexibility index (Phi) is 3.07. The van der Waals surface area contributed by atoms with E-state index in [4.69, 9.17) is 22.1 Å². The SMILES string of the molecule is COC(=O)C(N)C12CC(Cc3c(F)cccc3Cl)(C1)C2. The number of carbonyl (C=O) groups excluding carboxylic acids is 1. The van der Waals surface area contributed by atoms with Crippen LogP contribution < -0.4 is 5.73 Å². The van der Waals surface area contributed by atoms with Crippen LogP contribution in [-0.4, -0.2) is 19.1 Å². The summed E-state index contributed by atoms with van der Waals surface area (Å²) in [7, 11) is 1.35. The highest BCUT2D eigenvalue weighted by Crippen LogP contribution is 2.75. The summed E-state index contributed by atoms with van der Waals surface area (Å²) in [5, 5.41) is 0.473. The maximum Gasteiger partial charge on any atom is 0.323 e. The lowest BCUT2D eigenvalue weighted by Gasteiger charge is -2.72. The van der Waals surface area contributed by atoms with E-state index in [9.17, 15) is 9.18 Å². The van der Waals surface area contributed by atoms with E-state index in [-0.39, 0.29) is 22.6 Å². The first-order chi connectivity index (χ1) is 9.41. The second-order valence-corrected chi connectivity index (χ2v) is 6.68. The number of rotatable bonds is 4. The summed E-state index contributed by atoms with van der Waals surface area (Å²) in [6.45, 7) is 0. The van der Waals surface area contributed by atoms with Crippen LogP contribution in [0.1, 0.15) is 24.8 Å². The third-order valence-corrected chi connectivity index (χ3v) is 5.26. The molecule has 1 aromatic rings. The van der Waals surface area contributed by atoms with Crippen LogP contribution in [0.3, 0.4) is 0 Å². The van der Waals surface area contributed by atoms with Crippen molar-refractivity contribution in [3.63, 3.8) is 0 Å². The van der Waals surface area contributed by atoms with Crippen molar-refractivity contribution in [1.29, 1.82) is 0 Å². The predicted octanol–water partition coefficient (Wildman–Crippen LogP) is 2.69. The molecule has 0 radical (unpaired) electrons. The second kappa shape index (κ2) is 4.43. The summed E-state index contributed by atoms with van der Waals surface area (Å²) in [5.74, 6) is -0.615. The van der Waals surface area contributed by atoms with Crippen LogP contribution in [0.15, 0.2) is 18.2 Å². The van der Waals surface area contributed by atoms with Gasteiger partial charge >= 0.3 is 5.97 Å². The maximum absolute atomic E-state index is 13.8. The molecule has 2 N–H and O–H groups in total. The molecule has 3 aliphatic carbocycles. The fourth-order valence-corrected chi connectivity index (χ4v) is 4.29. The highest BCUT2D eigenvalue weighted by molar-refractivity contribution is 6.31. The molecule has 0 aromatic heterocycles. The number of methoxy groups -OCH3 is 1. The molecule has 2 bridgehead atoms. The summed E-state index contributed by atoms with van der Waals surface area (Å²) in [4.78, 5) is 11.5. The molecule has 1 aromatic carbocycles. The molecule has 4 rings (SSSR count). The molecule has 0 aliphatic heterocycles. The van der Waals surface area contributed by atoms with Gasteiger partial charge in [0.05, 0.1) is 7.11 Å². The lowest BCUT2D eigenvalue weighted by Crippen LogP contribution is -2.71. The van der Waals surface area contributed by atoms with Crippen molar-refractivity contribution in [1.82, 2.24) is 0 Å². The summed E-state index contributed by atoms with van der Waals surface area (Å²) in [5.41, 5.74) is 6.45. The molecule has 5 heteroatoms. The Balaban J connectivity index is 1.69. The third-order valence-electron chi connectivity index (χ3n) is 4.91. The standard InChI is InChI=1S/C15H17ClFNO2/c1-20-13(19)12(18)15-6-14(7-15,8-15)5-9-10(16)3-2-4-11(9)17/h2-4,12H,5-8,18H2,1H3. The average molecular weight is 298 g/mol. The van der Waals surface area contributed by atoms with Gasteiger partial charge in [-0.2, -0.15) is 0 Å². The van der Waals surface area contributed by atoms with Gasteiger partial charge in [-0.25, -0.2) is 4.39 Å². The number of hydrogen-bond acceptors (Lipinski definition) is 3. The van der Waals surface area contributed by atoms with E-state index in [1.54, 1.807) is 12.1 Å². The predicted molar refractivity (Wildman–Crippen MR) is 73.8 cm³/mol. The maximum atomic E-state index is 13.8. The molecule has 108 valence electrons. The zero-order valence-electron chi connectivity index (χ0n) is 11.3. The van der Waals surface area contributed by atoms with Gasteiger partial charge < -0.3 is 10.5 Å². The monoisotopic (exact) mass is 297 g/mol. The largest absolute Gasteiger partial charge is 0.468 e.